The molecule has 3 heteroatoms. The molecule has 0 radical (unpaired) electrons. The highest BCUT2D eigenvalue weighted by Crippen LogP contribution is 2.14. The van der Waals surface area contributed by atoms with Gasteiger partial charge in [0.1, 0.15) is 0 Å². The summed E-state index contributed by atoms with van der Waals surface area (Å²) in [6.45, 7) is 8.82. The van der Waals surface area contributed by atoms with Crippen LogP contribution >= 0.6 is 0 Å². The lowest BCUT2D eigenvalue weighted by molar-refractivity contribution is -0.0560. The van der Waals surface area contributed by atoms with Crippen molar-refractivity contribution in [1.82, 2.24) is 10.2 Å². The highest BCUT2D eigenvalue weighted by Gasteiger charge is 2.24. The molecule has 0 saturated carbocycles. The van der Waals surface area contributed by atoms with Crippen LogP contribution in [0, 0.1) is 0 Å². The Morgan fingerprint density at radius 3 is 2.87 bits per heavy atom. The van der Waals surface area contributed by atoms with Crippen molar-refractivity contribution >= 4 is 0 Å². The minimum absolute atomic E-state index is 0.414. The highest BCUT2D eigenvalue weighted by atomic mass is 16.5. The summed E-state index contributed by atoms with van der Waals surface area (Å²) in [7, 11) is 2.02. The molecule has 0 aliphatic carbocycles. The Morgan fingerprint density at radius 2 is 2.20 bits per heavy atom. The van der Waals surface area contributed by atoms with Gasteiger partial charge in [0, 0.05) is 12.6 Å². The van der Waals surface area contributed by atoms with Gasteiger partial charge < -0.3 is 10.1 Å². The Labute approximate surface area is 94.2 Å². The molecule has 0 aromatic rings. The molecule has 2 atom stereocenters. The second-order valence-corrected chi connectivity index (χ2v) is 4.51. The second kappa shape index (κ2) is 7.20. The zero-order valence-electron chi connectivity index (χ0n) is 10.5. The van der Waals surface area contributed by atoms with Crippen molar-refractivity contribution in [1.29, 1.82) is 0 Å². The number of rotatable bonds is 6. The monoisotopic (exact) mass is 214 g/mol. The molecule has 1 heterocycles. The summed E-state index contributed by atoms with van der Waals surface area (Å²) in [5, 5.41) is 3.20. The van der Waals surface area contributed by atoms with Crippen molar-refractivity contribution < 1.29 is 4.74 Å². The lowest BCUT2D eigenvalue weighted by atomic mass is 10.1. The predicted molar refractivity (Wildman–Crippen MR) is 64.2 cm³/mol. The van der Waals surface area contributed by atoms with E-state index in [2.05, 4.69) is 24.1 Å². The quantitative estimate of drug-likeness (QED) is 0.678. The number of unbranched alkanes of at least 4 members (excludes halogenated alkanes) is 1. The Kier molecular flexibility index (Phi) is 6.22. The molecule has 90 valence electrons. The van der Waals surface area contributed by atoms with Crippen LogP contribution in [-0.2, 0) is 4.74 Å². The van der Waals surface area contributed by atoms with Gasteiger partial charge >= 0.3 is 0 Å². The summed E-state index contributed by atoms with van der Waals surface area (Å²) in [6.07, 6.45) is 4.19. The molecule has 0 spiro atoms. The first-order chi connectivity index (χ1) is 7.27. The maximum atomic E-state index is 5.69. The molecule has 0 aromatic carbocycles. The van der Waals surface area contributed by atoms with Crippen LogP contribution in [0.4, 0.5) is 0 Å². The minimum atomic E-state index is 0.414. The van der Waals surface area contributed by atoms with Crippen molar-refractivity contribution in [2.45, 2.75) is 45.3 Å². The molecule has 1 N–H and O–H groups in total. The fourth-order valence-electron chi connectivity index (χ4n) is 2.18. The normalized spacial score (nSPS) is 28.2. The van der Waals surface area contributed by atoms with E-state index in [9.17, 15) is 0 Å². The average molecular weight is 214 g/mol. The van der Waals surface area contributed by atoms with Crippen molar-refractivity contribution in [2.75, 3.05) is 33.3 Å². The molecule has 1 saturated heterocycles. The van der Waals surface area contributed by atoms with E-state index in [1.165, 1.54) is 25.8 Å². The summed E-state index contributed by atoms with van der Waals surface area (Å²) in [6, 6.07) is 0.649. The summed E-state index contributed by atoms with van der Waals surface area (Å²) < 4.78 is 5.69. The third kappa shape index (κ3) is 4.49. The van der Waals surface area contributed by atoms with Crippen molar-refractivity contribution in [2.24, 2.45) is 0 Å². The van der Waals surface area contributed by atoms with Crippen LogP contribution in [0.1, 0.15) is 33.1 Å². The van der Waals surface area contributed by atoms with Crippen LogP contribution in [0.5, 0.6) is 0 Å². The molecule has 1 fully saturated rings. The molecule has 1 aliphatic rings. The third-order valence-electron chi connectivity index (χ3n) is 3.17. The van der Waals surface area contributed by atoms with Gasteiger partial charge in [0.2, 0.25) is 0 Å². The molecule has 0 bridgehead atoms. The Balaban J connectivity index is 2.22. The van der Waals surface area contributed by atoms with E-state index >= 15 is 0 Å². The smallest absolute Gasteiger partial charge is 0.0674 e. The van der Waals surface area contributed by atoms with Crippen LogP contribution in [-0.4, -0.2) is 50.3 Å². The molecular formula is C12H26N2O. The van der Waals surface area contributed by atoms with E-state index in [4.69, 9.17) is 4.74 Å². The molecule has 15 heavy (non-hydrogen) atoms. The first kappa shape index (κ1) is 12.9. The van der Waals surface area contributed by atoms with Gasteiger partial charge in [-0.05, 0) is 46.3 Å². The first-order valence-electron chi connectivity index (χ1n) is 6.28. The SMILES string of the molecule is CCC1COC(C)CN1CCCCNC. The van der Waals surface area contributed by atoms with Gasteiger partial charge in [0.15, 0.2) is 0 Å². The molecule has 0 amide bonds. The van der Waals surface area contributed by atoms with E-state index in [-0.39, 0.29) is 0 Å². The highest BCUT2D eigenvalue weighted by molar-refractivity contribution is 4.77. The lowest BCUT2D eigenvalue weighted by Gasteiger charge is -2.38. The predicted octanol–water partition coefficient (Wildman–Crippen LogP) is 1.49. The van der Waals surface area contributed by atoms with Crippen LogP contribution < -0.4 is 5.32 Å². The van der Waals surface area contributed by atoms with E-state index in [1.54, 1.807) is 0 Å². The van der Waals surface area contributed by atoms with E-state index < -0.39 is 0 Å². The minimum Gasteiger partial charge on any atom is -0.376 e. The molecule has 3 nitrogen and oxygen atoms in total. The fraction of sp³-hybridized carbons (Fsp3) is 1.00. The summed E-state index contributed by atoms with van der Waals surface area (Å²) in [5.41, 5.74) is 0. The topological polar surface area (TPSA) is 24.5 Å². The van der Waals surface area contributed by atoms with Gasteiger partial charge in [-0.1, -0.05) is 6.92 Å². The second-order valence-electron chi connectivity index (χ2n) is 4.51. The van der Waals surface area contributed by atoms with Gasteiger partial charge in [0.25, 0.3) is 0 Å². The van der Waals surface area contributed by atoms with Crippen LogP contribution in [0.3, 0.4) is 0 Å². The summed E-state index contributed by atoms with van der Waals surface area (Å²) in [5.74, 6) is 0. The average Bonchev–Trinajstić information content (AvgIpc) is 2.25. The number of hydrogen-bond acceptors (Lipinski definition) is 3. The molecule has 2 unspecified atom stereocenters. The molecule has 1 aliphatic heterocycles. The standard InChI is InChI=1S/C12H26N2O/c1-4-12-10-15-11(2)9-14(12)8-6-5-7-13-3/h11-13H,4-10H2,1-3H3. The van der Waals surface area contributed by atoms with E-state index in [0.717, 1.165) is 19.7 Å². The van der Waals surface area contributed by atoms with Gasteiger partial charge in [-0.2, -0.15) is 0 Å². The van der Waals surface area contributed by atoms with Gasteiger partial charge in [-0.25, -0.2) is 0 Å². The van der Waals surface area contributed by atoms with Crippen molar-refractivity contribution in [3.8, 4) is 0 Å². The molecular weight excluding hydrogens is 188 g/mol. The lowest BCUT2D eigenvalue weighted by Crippen LogP contribution is -2.48. The number of nitrogens with one attached hydrogen (secondary N) is 1. The largest absolute Gasteiger partial charge is 0.376 e. The Hall–Kier alpha value is -0.120. The van der Waals surface area contributed by atoms with Gasteiger partial charge in [0.05, 0.1) is 12.7 Å². The summed E-state index contributed by atoms with van der Waals surface area (Å²) in [4.78, 5) is 2.60. The Morgan fingerprint density at radius 1 is 1.40 bits per heavy atom. The molecule has 0 aromatic heterocycles. The van der Waals surface area contributed by atoms with E-state index in [1.807, 2.05) is 7.05 Å². The van der Waals surface area contributed by atoms with Crippen LogP contribution in [0.15, 0.2) is 0 Å². The Bertz CT molecular complexity index is 164. The number of hydrogen-bond donors (Lipinski definition) is 1. The first-order valence-corrected chi connectivity index (χ1v) is 6.28. The zero-order chi connectivity index (χ0) is 11.1. The number of ether oxygens (including phenoxy) is 1. The summed E-state index contributed by atoms with van der Waals surface area (Å²) >= 11 is 0. The van der Waals surface area contributed by atoms with Crippen LogP contribution in [0.2, 0.25) is 0 Å². The van der Waals surface area contributed by atoms with Crippen LogP contribution in [0.25, 0.3) is 0 Å². The molecule has 1 rings (SSSR count). The van der Waals surface area contributed by atoms with Crippen molar-refractivity contribution in [3.63, 3.8) is 0 Å². The van der Waals surface area contributed by atoms with Gasteiger partial charge in [-0.3, -0.25) is 4.90 Å². The zero-order valence-corrected chi connectivity index (χ0v) is 10.5. The van der Waals surface area contributed by atoms with Gasteiger partial charge in [-0.15, -0.1) is 0 Å². The maximum Gasteiger partial charge on any atom is 0.0674 e. The third-order valence-corrected chi connectivity index (χ3v) is 3.17. The fourth-order valence-corrected chi connectivity index (χ4v) is 2.18. The number of nitrogens with zero attached hydrogens (tertiary/aromatic N) is 1. The number of morpholine rings is 1. The van der Waals surface area contributed by atoms with E-state index in [0.29, 0.717) is 12.1 Å². The maximum absolute atomic E-state index is 5.69. The van der Waals surface area contributed by atoms with Crippen molar-refractivity contribution in [3.05, 3.63) is 0 Å².